The van der Waals surface area contributed by atoms with Crippen LogP contribution in [0.25, 0.3) is 10.9 Å². The first kappa shape index (κ1) is 18.4. The van der Waals surface area contributed by atoms with Crippen LogP contribution >= 0.6 is 15.9 Å². The Balaban J connectivity index is 1.89. The van der Waals surface area contributed by atoms with Crippen molar-refractivity contribution >= 4 is 44.2 Å². The van der Waals surface area contributed by atoms with E-state index >= 15 is 0 Å². The van der Waals surface area contributed by atoms with Crippen molar-refractivity contribution in [2.75, 3.05) is 5.32 Å². The van der Waals surface area contributed by atoms with E-state index in [9.17, 15) is 9.59 Å². The van der Waals surface area contributed by atoms with Crippen molar-refractivity contribution < 1.29 is 9.59 Å². The van der Waals surface area contributed by atoms with Gasteiger partial charge in [-0.25, -0.2) is 0 Å². The fourth-order valence-corrected chi connectivity index (χ4v) is 3.12. The van der Waals surface area contributed by atoms with Gasteiger partial charge in [0.25, 0.3) is 0 Å². The quantitative estimate of drug-likeness (QED) is 0.593. The number of benzene rings is 2. The molecule has 0 aliphatic heterocycles. The molecule has 3 aromatic rings. The van der Waals surface area contributed by atoms with Gasteiger partial charge in [-0.2, -0.15) is 0 Å². The van der Waals surface area contributed by atoms with E-state index in [0.29, 0.717) is 5.56 Å². The fraction of sp³-hybridized carbons (Fsp3) is 0.238. The van der Waals surface area contributed by atoms with Crippen LogP contribution in [0.15, 0.2) is 59.2 Å². The zero-order valence-corrected chi connectivity index (χ0v) is 16.6. The molecule has 1 heterocycles. The second-order valence-electron chi connectivity index (χ2n) is 7.32. The number of carbonyl (C=O) groups excluding carboxylic acids is 2. The Bertz CT molecular complexity index is 966. The van der Waals surface area contributed by atoms with E-state index < -0.39 is 5.41 Å². The summed E-state index contributed by atoms with van der Waals surface area (Å²) < 4.78 is 2.79. The highest BCUT2D eigenvalue weighted by molar-refractivity contribution is 9.10. The molecule has 1 aromatic heterocycles. The maximum atomic E-state index is 12.8. The zero-order chi connectivity index (χ0) is 18.9. The van der Waals surface area contributed by atoms with Crippen LogP contribution in [0.4, 0.5) is 5.69 Å². The lowest BCUT2D eigenvalue weighted by Gasteiger charge is -2.15. The molecular formula is C21H21BrN2O2. The van der Waals surface area contributed by atoms with Crippen LogP contribution < -0.4 is 5.32 Å². The van der Waals surface area contributed by atoms with Gasteiger partial charge in [0.05, 0.1) is 0 Å². The summed E-state index contributed by atoms with van der Waals surface area (Å²) in [5.41, 5.74) is 1.80. The molecule has 0 atom stereocenters. The van der Waals surface area contributed by atoms with Crippen LogP contribution in [0.5, 0.6) is 0 Å². The molecule has 2 aromatic carbocycles. The van der Waals surface area contributed by atoms with Gasteiger partial charge in [-0.05, 0) is 30.3 Å². The van der Waals surface area contributed by atoms with Gasteiger partial charge in [-0.3, -0.25) is 9.59 Å². The number of Topliss-reactive ketones (excluding diaryl/α,β-unsaturated/α-hetero) is 1. The van der Waals surface area contributed by atoms with E-state index in [4.69, 9.17) is 0 Å². The number of para-hydroxylation sites is 1. The highest BCUT2D eigenvalue weighted by atomic mass is 79.9. The molecule has 0 bridgehead atoms. The number of fused-ring (bicyclic) bond motifs is 1. The standard InChI is InChI=1S/C21H21BrN2O2/c1-21(2,3)20(26)17-12-24(18-7-5-4-6-16(17)18)13-19(25)23-15-10-8-14(22)9-11-15/h4-12H,13H2,1-3H3,(H,23,25). The molecule has 4 nitrogen and oxygen atoms in total. The van der Waals surface area contributed by atoms with Crippen LogP contribution in [-0.2, 0) is 11.3 Å². The average molecular weight is 413 g/mol. The number of amides is 1. The van der Waals surface area contributed by atoms with E-state index in [1.54, 1.807) is 6.20 Å². The second kappa shape index (κ2) is 7.08. The Hall–Kier alpha value is -2.40. The molecule has 134 valence electrons. The first-order chi connectivity index (χ1) is 12.3. The van der Waals surface area contributed by atoms with Gasteiger partial charge in [-0.1, -0.05) is 54.9 Å². The second-order valence-corrected chi connectivity index (χ2v) is 8.24. The van der Waals surface area contributed by atoms with Gasteiger partial charge >= 0.3 is 0 Å². The predicted molar refractivity (Wildman–Crippen MR) is 108 cm³/mol. The van der Waals surface area contributed by atoms with Crippen LogP contribution in [0.1, 0.15) is 31.1 Å². The summed E-state index contributed by atoms with van der Waals surface area (Å²) in [7, 11) is 0. The van der Waals surface area contributed by atoms with Crippen molar-refractivity contribution in [2.45, 2.75) is 27.3 Å². The van der Waals surface area contributed by atoms with Gasteiger partial charge in [0.1, 0.15) is 6.54 Å². The first-order valence-corrected chi connectivity index (χ1v) is 9.23. The van der Waals surface area contributed by atoms with E-state index in [0.717, 1.165) is 21.1 Å². The molecule has 0 saturated carbocycles. The minimum absolute atomic E-state index is 0.0702. The number of ketones is 1. The van der Waals surface area contributed by atoms with Gasteiger partial charge in [0.15, 0.2) is 5.78 Å². The Morgan fingerprint density at radius 3 is 2.35 bits per heavy atom. The molecule has 0 saturated heterocycles. The van der Waals surface area contributed by atoms with Crippen LogP contribution in [0.2, 0.25) is 0 Å². The number of aromatic nitrogens is 1. The molecule has 0 aliphatic carbocycles. The van der Waals surface area contributed by atoms with Gasteiger partial charge in [0.2, 0.25) is 5.91 Å². The molecule has 1 amide bonds. The predicted octanol–water partition coefficient (Wildman–Crippen LogP) is 5.27. The summed E-state index contributed by atoms with van der Waals surface area (Å²) in [6.45, 7) is 5.86. The minimum Gasteiger partial charge on any atom is -0.337 e. The van der Waals surface area contributed by atoms with Crippen molar-refractivity contribution in [1.29, 1.82) is 0 Å². The van der Waals surface area contributed by atoms with Gasteiger partial charge < -0.3 is 9.88 Å². The number of nitrogens with one attached hydrogen (secondary N) is 1. The third-order valence-corrected chi connectivity index (χ3v) is 4.68. The van der Waals surface area contributed by atoms with Gasteiger partial charge in [0, 0.05) is 38.2 Å². The number of carbonyl (C=O) groups is 2. The largest absolute Gasteiger partial charge is 0.337 e. The molecule has 0 fully saturated rings. The Morgan fingerprint density at radius 1 is 1.04 bits per heavy atom. The van der Waals surface area contributed by atoms with Crippen molar-refractivity contribution in [2.24, 2.45) is 5.41 Å². The lowest BCUT2D eigenvalue weighted by Crippen LogP contribution is -2.20. The normalized spacial score (nSPS) is 11.5. The average Bonchev–Trinajstić information content (AvgIpc) is 2.94. The summed E-state index contributed by atoms with van der Waals surface area (Å²) in [5.74, 6) is -0.0661. The smallest absolute Gasteiger partial charge is 0.244 e. The Labute approximate surface area is 161 Å². The number of rotatable bonds is 4. The summed E-state index contributed by atoms with van der Waals surface area (Å²) in [6, 6.07) is 15.1. The molecule has 3 rings (SSSR count). The van der Waals surface area contributed by atoms with E-state index in [1.165, 1.54) is 0 Å². The monoisotopic (exact) mass is 412 g/mol. The molecule has 0 aliphatic rings. The first-order valence-electron chi connectivity index (χ1n) is 8.44. The lowest BCUT2D eigenvalue weighted by atomic mass is 9.86. The zero-order valence-electron chi connectivity index (χ0n) is 15.0. The summed E-state index contributed by atoms with van der Waals surface area (Å²) in [5, 5.41) is 3.76. The SMILES string of the molecule is CC(C)(C)C(=O)c1cn(CC(=O)Nc2ccc(Br)cc2)c2ccccc12. The lowest BCUT2D eigenvalue weighted by molar-refractivity contribution is -0.116. The Kier molecular flexibility index (Phi) is 5.01. The van der Waals surface area contributed by atoms with Crippen LogP contribution in [0.3, 0.4) is 0 Å². The molecule has 0 spiro atoms. The number of nitrogens with zero attached hydrogens (tertiary/aromatic N) is 1. The maximum Gasteiger partial charge on any atom is 0.244 e. The van der Waals surface area contributed by atoms with Gasteiger partial charge in [-0.15, -0.1) is 0 Å². The summed E-state index contributed by atoms with van der Waals surface area (Å²) in [4.78, 5) is 25.2. The molecule has 0 radical (unpaired) electrons. The maximum absolute atomic E-state index is 12.8. The fourth-order valence-electron chi connectivity index (χ4n) is 2.85. The summed E-state index contributed by atoms with van der Waals surface area (Å²) in [6.07, 6.45) is 1.79. The third-order valence-electron chi connectivity index (χ3n) is 4.16. The minimum atomic E-state index is -0.478. The number of hydrogen-bond donors (Lipinski definition) is 1. The van der Waals surface area contributed by atoms with E-state index in [-0.39, 0.29) is 18.2 Å². The Morgan fingerprint density at radius 2 is 1.69 bits per heavy atom. The van der Waals surface area contributed by atoms with E-state index in [2.05, 4.69) is 21.2 Å². The third kappa shape index (κ3) is 3.88. The highest BCUT2D eigenvalue weighted by Gasteiger charge is 2.26. The number of hydrogen-bond acceptors (Lipinski definition) is 2. The van der Waals surface area contributed by atoms with Crippen LogP contribution in [-0.4, -0.2) is 16.3 Å². The topological polar surface area (TPSA) is 51.1 Å². The van der Waals surface area contributed by atoms with Crippen LogP contribution in [0, 0.1) is 5.41 Å². The van der Waals surface area contributed by atoms with Crippen molar-refractivity contribution in [3.05, 3.63) is 64.8 Å². The highest BCUT2D eigenvalue weighted by Crippen LogP contribution is 2.28. The molecular weight excluding hydrogens is 392 g/mol. The summed E-state index contributed by atoms with van der Waals surface area (Å²) >= 11 is 3.38. The molecule has 26 heavy (non-hydrogen) atoms. The molecule has 0 unspecified atom stereocenters. The van der Waals surface area contributed by atoms with Crippen molar-refractivity contribution in [3.63, 3.8) is 0 Å². The van der Waals surface area contributed by atoms with E-state index in [1.807, 2.05) is 73.9 Å². The molecule has 1 N–H and O–H groups in total. The number of anilines is 1. The molecule has 5 heteroatoms. The van der Waals surface area contributed by atoms with Crippen molar-refractivity contribution in [1.82, 2.24) is 4.57 Å². The van der Waals surface area contributed by atoms with Crippen molar-refractivity contribution in [3.8, 4) is 0 Å². The number of halogens is 1.